The fourth-order valence-corrected chi connectivity index (χ4v) is 8.63. The van der Waals surface area contributed by atoms with Crippen molar-refractivity contribution in [2.45, 2.75) is 105 Å². The van der Waals surface area contributed by atoms with Crippen LogP contribution in [0.15, 0.2) is 11.6 Å². The highest BCUT2D eigenvalue weighted by molar-refractivity contribution is 5.91. The summed E-state index contributed by atoms with van der Waals surface area (Å²) in [7, 11) is 0. The van der Waals surface area contributed by atoms with Crippen LogP contribution in [0.25, 0.3) is 0 Å². The van der Waals surface area contributed by atoms with Crippen LogP contribution in [0.4, 0.5) is 0 Å². The maximum Gasteiger partial charge on any atom is 0.155 e. The van der Waals surface area contributed by atoms with Crippen molar-refractivity contribution in [1.29, 1.82) is 0 Å². The molecule has 164 valence electrons. The molecule has 2 heteroatoms. The minimum atomic E-state index is -0.393. The zero-order chi connectivity index (χ0) is 21.0. The molecule has 0 aliphatic heterocycles. The molecule has 0 aromatic carbocycles. The molecule has 1 N–H and O–H groups in total. The third-order valence-electron chi connectivity index (χ3n) is 10.2. The van der Waals surface area contributed by atoms with E-state index in [2.05, 4.69) is 34.6 Å². The van der Waals surface area contributed by atoms with E-state index in [4.69, 9.17) is 0 Å². The SMILES string of the molecule is CC(C)CCC[C@H](C)[C@H]1CC[C@H]2[C@@H]3C[C@H](O)C4=CC(=O)CC[C@]4(C)[C@@H]3CC[C@]12C. The van der Waals surface area contributed by atoms with Crippen molar-refractivity contribution in [3.8, 4) is 0 Å². The highest BCUT2D eigenvalue weighted by atomic mass is 16.3. The lowest BCUT2D eigenvalue weighted by atomic mass is 9.46. The molecule has 2 nitrogen and oxygen atoms in total. The van der Waals surface area contributed by atoms with E-state index < -0.39 is 6.10 Å². The molecular weight excluding hydrogens is 356 g/mol. The van der Waals surface area contributed by atoms with E-state index in [9.17, 15) is 9.90 Å². The first-order valence-corrected chi connectivity index (χ1v) is 12.6. The number of aliphatic hydroxyl groups is 1. The van der Waals surface area contributed by atoms with Crippen LogP contribution < -0.4 is 0 Å². The van der Waals surface area contributed by atoms with Crippen molar-refractivity contribution in [2.24, 2.45) is 46.3 Å². The highest BCUT2D eigenvalue weighted by Gasteiger charge is 2.60. The van der Waals surface area contributed by atoms with Gasteiger partial charge in [-0.15, -0.1) is 0 Å². The minimum absolute atomic E-state index is 0.0541. The van der Waals surface area contributed by atoms with Gasteiger partial charge in [0.1, 0.15) is 0 Å². The predicted octanol–water partition coefficient (Wildman–Crippen LogP) is 6.57. The van der Waals surface area contributed by atoms with Crippen molar-refractivity contribution >= 4 is 5.78 Å². The van der Waals surface area contributed by atoms with E-state index in [1.807, 2.05) is 6.08 Å². The molecule has 3 saturated carbocycles. The number of aliphatic hydroxyl groups excluding tert-OH is 1. The molecule has 3 fully saturated rings. The normalized spacial score (nSPS) is 45.4. The van der Waals surface area contributed by atoms with Crippen LogP contribution in [0.2, 0.25) is 0 Å². The lowest BCUT2D eigenvalue weighted by molar-refractivity contribution is -0.119. The van der Waals surface area contributed by atoms with Gasteiger partial charge in [0.05, 0.1) is 6.10 Å². The van der Waals surface area contributed by atoms with Crippen LogP contribution in [0.1, 0.15) is 98.8 Å². The maximum atomic E-state index is 12.1. The molecule has 0 radical (unpaired) electrons. The molecule has 0 aromatic rings. The maximum absolute atomic E-state index is 12.1. The lowest BCUT2D eigenvalue weighted by Crippen LogP contribution is -2.54. The average Bonchev–Trinajstić information content (AvgIpc) is 3.00. The van der Waals surface area contributed by atoms with Gasteiger partial charge in [0.2, 0.25) is 0 Å². The molecule has 0 saturated heterocycles. The largest absolute Gasteiger partial charge is 0.389 e. The van der Waals surface area contributed by atoms with Crippen LogP contribution >= 0.6 is 0 Å². The van der Waals surface area contributed by atoms with Crippen molar-refractivity contribution < 1.29 is 9.90 Å². The molecule has 8 atom stereocenters. The van der Waals surface area contributed by atoms with E-state index in [1.54, 1.807) is 0 Å². The molecule has 4 aliphatic carbocycles. The van der Waals surface area contributed by atoms with E-state index in [-0.39, 0.29) is 11.2 Å². The third kappa shape index (κ3) is 3.56. The van der Waals surface area contributed by atoms with E-state index in [0.29, 0.717) is 23.7 Å². The quantitative estimate of drug-likeness (QED) is 0.567. The van der Waals surface area contributed by atoms with Crippen molar-refractivity contribution in [3.63, 3.8) is 0 Å². The first kappa shape index (κ1) is 21.6. The van der Waals surface area contributed by atoms with Crippen LogP contribution in [0.3, 0.4) is 0 Å². The molecule has 0 bridgehead atoms. The summed E-state index contributed by atoms with van der Waals surface area (Å²) >= 11 is 0. The average molecular weight is 401 g/mol. The molecule has 4 rings (SSSR count). The molecular formula is C27H44O2. The van der Waals surface area contributed by atoms with E-state index >= 15 is 0 Å². The fourth-order valence-electron chi connectivity index (χ4n) is 8.63. The first-order valence-electron chi connectivity index (χ1n) is 12.6. The van der Waals surface area contributed by atoms with Gasteiger partial charge in [-0.3, -0.25) is 4.79 Å². The standard InChI is InChI=1S/C27H44O2/c1-17(2)7-6-8-18(3)21-9-10-22-20-16-25(29)24-15-19(28)11-13-27(24,5)23(20)12-14-26(21,22)4/h15,17-18,20-23,25,29H,6-14,16H2,1-5H3/t18-,20-,21+,22-,23+,25-,26+,27+/m0/s1. The van der Waals surface area contributed by atoms with E-state index in [0.717, 1.165) is 42.1 Å². The Morgan fingerprint density at radius 1 is 1.07 bits per heavy atom. The number of ketones is 1. The third-order valence-corrected chi connectivity index (χ3v) is 10.2. The molecule has 0 aromatic heterocycles. The summed E-state index contributed by atoms with van der Waals surface area (Å²) in [6.07, 6.45) is 13.5. The summed E-state index contributed by atoms with van der Waals surface area (Å²) in [5, 5.41) is 11.1. The predicted molar refractivity (Wildman–Crippen MR) is 119 cm³/mol. The van der Waals surface area contributed by atoms with E-state index in [1.165, 1.54) is 44.9 Å². The lowest BCUT2D eigenvalue weighted by Gasteiger charge is -2.59. The Balaban J connectivity index is 1.53. The van der Waals surface area contributed by atoms with Crippen LogP contribution in [-0.2, 0) is 4.79 Å². The second-order valence-corrected chi connectivity index (χ2v) is 12.1. The van der Waals surface area contributed by atoms with Crippen LogP contribution in [0, 0.1) is 46.3 Å². The van der Waals surface area contributed by atoms with Gasteiger partial charge < -0.3 is 5.11 Å². The molecule has 0 heterocycles. The Bertz CT molecular complexity index is 663. The van der Waals surface area contributed by atoms with Gasteiger partial charge >= 0.3 is 0 Å². The summed E-state index contributed by atoms with van der Waals surface area (Å²) < 4.78 is 0. The number of rotatable bonds is 5. The Kier molecular flexibility index (Phi) is 5.82. The molecule has 0 amide bonds. The Morgan fingerprint density at radius 3 is 2.55 bits per heavy atom. The number of fused-ring (bicyclic) bond motifs is 5. The van der Waals surface area contributed by atoms with Crippen LogP contribution in [0.5, 0.6) is 0 Å². The molecule has 29 heavy (non-hydrogen) atoms. The summed E-state index contributed by atoms with van der Waals surface area (Å²) in [6, 6.07) is 0. The topological polar surface area (TPSA) is 37.3 Å². The van der Waals surface area contributed by atoms with Gasteiger partial charge in [-0.1, -0.05) is 53.9 Å². The fraction of sp³-hybridized carbons (Fsp3) is 0.889. The summed E-state index contributed by atoms with van der Waals surface area (Å²) in [4.78, 5) is 12.1. The zero-order valence-corrected chi connectivity index (χ0v) is 19.5. The van der Waals surface area contributed by atoms with Crippen LogP contribution in [-0.4, -0.2) is 17.0 Å². The molecule has 4 aliphatic rings. The van der Waals surface area contributed by atoms with Gasteiger partial charge in [-0.25, -0.2) is 0 Å². The summed E-state index contributed by atoms with van der Waals surface area (Å²) in [5.74, 6) is 4.81. The highest BCUT2D eigenvalue weighted by Crippen LogP contribution is 2.67. The number of hydrogen-bond donors (Lipinski definition) is 1. The first-order chi connectivity index (χ1) is 13.7. The summed E-state index contributed by atoms with van der Waals surface area (Å²) in [5.41, 5.74) is 1.59. The number of hydrogen-bond acceptors (Lipinski definition) is 2. The smallest absolute Gasteiger partial charge is 0.155 e. The second kappa shape index (κ2) is 7.81. The van der Waals surface area contributed by atoms with Gasteiger partial charge in [-0.2, -0.15) is 0 Å². The van der Waals surface area contributed by atoms with Crippen molar-refractivity contribution in [2.75, 3.05) is 0 Å². The van der Waals surface area contributed by atoms with Gasteiger partial charge in [0.25, 0.3) is 0 Å². The summed E-state index contributed by atoms with van der Waals surface area (Å²) in [6.45, 7) is 12.2. The molecule has 0 spiro atoms. The molecule has 0 unspecified atom stereocenters. The second-order valence-electron chi connectivity index (χ2n) is 12.1. The number of carbonyl (C=O) groups is 1. The zero-order valence-electron chi connectivity index (χ0n) is 19.5. The van der Waals surface area contributed by atoms with Gasteiger partial charge in [0.15, 0.2) is 5.78 Å². The number of carbonyl (C=O) groups excluding carboxylic acids is 1. The van der Waals surface area contributed by atoms with Crippen molar-refractivity contribution in [3.05, 3.63) is 11.6 Å². The Labute approximate surface area is 178 Å². The van der Waals surface area contributed by atoms with Gasteiger partial charge in [-0.05, 0) is 96.5 Å². The Morgan fingerprint density at radius 2 is 1.83 bits per heavy atom. The van der Waals surface area contributed by atoms with Crippen molar-refractivity contribution in [1.82, 2.24) is 0 Å². The van der Waals surface area contributed by atoms with Gasteiger partial charge in [0, 0.05) is 6.42 Å². The Hall–Kier alpha value is -0.630. The monoisotopic (exact) mass is 400 g/mol. The minimum Gasteiger partial charge on any atom is -0.389 e.